The fourth-order valence-electron chi connectivity index (χ4n) is 4.06. The molecule has 2 aliphatic rings. The molecule has 2 rings (SSSR count). The van der Waals surface area contributed by atoms with Gasteiger partial charge in [-0.3, -0.25) is 4.79 Å². The van der Waals surface area contributed by atoms with Crippen molar-refractivity contribution >= 4 is 18.2 Å². The van der Waals surface area contributed by atoms with Gasteiger partial charge in [0, 0.05) is 31.8 Å². The lowest BCUT2D eigenvalue weighted by atomic mass is 10.00. The Labute approximate surface area is 205 Å². The minimum Gasteiger partial charge on any atom is -0.469 e. The molecule has 9 nitrogen and oxygen atoms in total. The second-order valence-electron chi connectivity index (χ2n) is 10.9. The van der Waals surface area contributed by atoms with Crippen LogP contribution in [0.1, 0.15) is 92.9 Å². The van der Waals surface area contributed by atoms with Crippen molar-refractivity contribution in [3.63, 3.8) is 0 Å². The predicted molar refractivity (Wildman–Crippen MR) is 129 cm³/mol. The maximum atomic E-state index is 12.0. The van der Waals surface area contributed by atoms with E-state index in [0.717, 1.165) is 45.1 Å². The van der Waals surface area contributed by atoms with Gasteiger partial charge in [0.25, 0.3) is 0 Å². The van der Waals surface area contributed by atoms with Crippen LogP contribution in [0.15, 0.2) is 0 Å². The molecule has 0 spiro atoms. The first kappa shape index (κ1) is 30.0. The number of hydrogen-bond donors (Lipinski definition) is 1. The Morgan fingerprint density at radius 3 is 1.65 bits per heavy atom. The molecule has 34 heavy (non-hydrogen) atoms. The van der Waals surface area contributed by atoms with Crippen molar-refractivity contribution < 1.29 is 33.7 Å². The van der Waals surface area contributed by atoms with Gasteiger partial charge in [-0.2, -0.15) is 0 Å². The summed E-state index contributed by atoms with van der Waals surface area (Å²) in [5, 5.41) is 8.97. The standard InChI is InChI=1S/C13H23NO4.C12H23NO3/c1-13(2,3)18-12(16)14-8-6-5-7-10(14)9-11(15)17-4;1-12(2,3)16-11(15)13-8-5-4-6-10(13)7-9-14/h10H,5-9H2,1-4H3;10,14H,4-9H2,1-3H3/t2*10-/m11/s1. The Bertz CT molecular complexity index is 653. The molecule has 0 aliphatic carbocycles. The fraction of sp³-hybridized carbons (Fsp3) is 0.880. The molecule has 0 saturated carbocycles. The number of ether oxygens (including phenoxy) is 3. The van der Waals surface area contributed by atoms with Crippen molar-refractivity contribution in [2.45, 2.75) is 116 Å². The lowest BCUT2D eigenvalue weighted by molar-refractivity contribution is -0.142. The lowest BCUT2D eigenvalue weighted by Gasteiger charge is -2.36. The highest BCUT2D eigenvalue weighted by Crippen LogP contribution is 2.23. The molecule has 0 unspecified atom stereocenters. The predicted octanol–water partition coefficient (Wildman–Crippen LogP) is 4.50. The molecule has 2 amide bonds. The molecular weight excluding hydrogens is 440 g/mol. The van der Waals surface area contributed by atoms with Crippen LogP contribution in [0.25, 0.3) is 0 Å². The van der Waals surface area contributed by atoms with Gasteiger partial charge < -0.3 is 29.1 Å². The summed E-state index contributed by atoms with van der Waals surface area (Å²) in [7, 11) is 1.36. The van der Waals surface area contributed by atoms with Crippen LogP contribution in [0.3, 0.4) is 0 Å². The Hall–Kier alpha value is -2.03. The highest BCUT2D eigenvalue weighted by Gasteiger charge is 2.32. The average molecular weight is 487 g/mol. The molecule has 0 radical (unpaired) electrons. The van der Waals surface area contributed by atoms with Crippen LogP contribution in [-0.2, 0) is 19.0 Å². The summed E-state index contributed by atoms with van der Waals surface area (Å²) in [4.78, 5) is 38.7. The number of rotatable bonds is 4. The molecule has 198 valence electrons. The molecule has 0 aromatic carbocycles. The molecule has 2 saturated heterocycles. The minimum atomic E-state index is -0.510. The van der Waals surface area contributed by atoms with Gasteiger partial charge in [0.2, 0.25) is 0 Å². The van der Waals surface area contributed by atoms with E-state index in [1.807, 2.05) is 41.5 Å². The Morgan fingerprint density at radius 1 is 0.794 bits per heavy atom. The van der Waals surface area contributed by atoms with Crippen molar-refractivity contribution in [3.05, 3.63) is 0 Å². The van der Waals surface area contributed by atoms with Crippen LogP contribution in [0.4, 0.5) is 9.59 Å². The molecular formula is C25H46N2O7. The van der Waals surface area contributed by atoms with E-state index in [2.05, 4.69) is 4.74 Å². The van der Waals surface area contributed by atoms with E-state index in [0.29, 0.717) is 13.0 Å². The van der Waals surface area contributed by atoms with E-state index in [-0.39, 0.29) is 43.3 Å². The zero-order chi connectivity index (χ0) is 25.9. The minimum absolute atomic E-state index is 0.0963. The second-order valence-corrected chi connectivity index (χ2v) is 10.9. The maximum absolute atomic E-state index is 12.0. The first-order valence-electron chi connectivity index (χ1n) is 12.4. The molecule has 2 aliphatic heterocycles. The monoisotopic (exact) mass is 486 g/mol. The van der Waals surface area contributed by atoms with Gasteiger partial charge >= 0.3 is 18.2 Å². The third-order valence-corrected chi connectivity index (χ3v) is 5.60. The van der Waals surface area contributed by atoms with E-state index in [1.165, 1.54) is 7.11 Å². The van der Waals surface area contributed by atoms with Crippen molar-refractivity contribution in [2.75, 3.05) is 26.8 Å². The topological polar surface area (TPSA) is 106 Å². The number of carbonyl (C=O) groups excluding carboxylic acids is 3. The summed E-state index contributed by atoms with van der Waals surface area (Å²) in [6, 6.07) is 0.0506. The number of amides is 2. The summed E-state index contributed by atoms with van der Waals surface area (Å²) in [5.74, 6) is -0.282. The van der Waals surface area contributed by atoms with Crippen molar-refractivity contribution in [2.24, 2.45) is 0 Å². The molecule has 0 aromatic rings. The smallest absolute Gasteiger partial charge is 0.410 e. The van der Waals surface area contributed by atoms with Crippen LogP contribution in [0, 0.1) is 0 Å². The highest BCUT2D eigenvalue weighted by molar-refractivity contribution is 5.73. The van der Waals surface area contributed by atoms with Crippen LogP contribution < -0.4 is 0 Å². The Balaban J connectivity index is 0.000000342. The zero-order valence-electron chi connectivity index (χ0n) is 22.2. The molecule has 0 aromatic heterocycles. The maximum Gasteiger partial charge on any atom is 0.410 e. The van der Waals surface area contributed by atoms with E-state index >= 15 is 0 Å². The molecule has 2 heterocycles. The van der Waals surface area contributed by atoms with Crippen molar-refractivity contribution in [1.82, 2.24) is 9.80 Å². The van der Waals surface area contributed by atoms with Gasteiger partial charge in [0.1, 0.15) is 11.2 Å². The third-order valence-electron chi connectivity index (χ3n) is 5.60. The zero-order valence-corrected chi connectivity index (χ0v) is 22.2. The van der Waals surface area contributed by atoms with E-state index in [1.54, 1.807) is 9.80 Å². The molecule has 1 N–H and O–H groups in total. The first-order valence-corrected chi connectivity index (χ1v) is 12.4. The number of carbonyl (C=O) groups is 3. The van der Waals surface area contributed by atoms with Crippen molar-refractivity contribution in [1.29, 1.82) is 0 Å². The molecule has 9 heteroatoms. The number of esters is 1. The fourth-order valence-corrected chi connectivity index (χ4v) is 4.06. The SMILES string of the molecule is CC(C)(C)OC(=O)N1CCCC[C@@H]1CCO.COC(=O)C[C@H]1CCCCN1C(=O)OC(C)(C)C. The lowest BCUT2D eigenvalue weighted by Crippen LogP contribution is -2.47. The quantitative estimate of drug-likeness (QED) is 0.461. The highest BCUT2D eigenvalue weighted by atomic mass is 16.6. The van der Waals surface area contributed by atoms with Gasteiger partial charge in [-0.1, -0.05) is 0 Å². The summed E-state index contributed by atoms with van der Waals surface area (Å²) < 4.78 is 15.4. The number of hydrogen-bond acceptors (Lipinski definition) is 7. The normalized spacial score (nSPS) is 21.2. The molecule has 2 fully saturated rings. The molecule has 0 bridgehead atoms. The number of aliphatic hydroxyl groups excluding tert-OH is 1. The summed E-state index contributed by atoms with van der Waals surface area (Å²) >= 11 is 0. The van der Waals surface area contributed by atoms with Gasteiger partial charge in [-0.05, 0) is 86.5 Å². The van der Waals surface area contributed by atoms with E-state index in [9.17, 15) is 14.4 Å². The number of methoxy groups -OCH3 is 1. The third kappa shape index (κ3) is 11.4. The summed E-state index contributed by atoms with van der Waals surface area (Å²) in [5.41, 5.74) is -0.956. The van der Waals surface area contributed by atoms with Crippen LogP contribution in [-0.4, -0.2) is 83.2 Å². The van der Waals surface area contributed by atoms with Gasteiger partial charge in [0.05, 0.1) is 13.5 Å². The average Bonchev–Trinajstić information content (AvgIpc) is 2.72. The van der Waals surface area contributed by atoms with Crippen LogP contribution in [0.2, 0.25) is 0 Å². The van der Waals surface area contributed by atoms with Crippen LogP contribution >= 0.6 is 0 Å². The largest absolute Gasteiger partial charge is 0.469 e. The van der Waals surface area contributed by atoms with Gasteiger partial charge in [-0.25, -0.2) is 9.59 Å². The number of piperidine rings is 2. The van der Waals surface area contributed by atoms with Gasteiger partial charge in [0.15, 0.2) is 0 Å². The summed E-state index contributed by atoms with van der Waals surface area (Å²) in [6.45, 7) is 12.7. The second kappa shape index (κ2) is 13.8. The Kier molecular flexibility index (Phi) is 12.1. The Morgan fingerprint density at radius 2 is 1.24 bits per heavy atom. The summed E-state index contributed by atoms with van der Waals surface area (Å²) in [6.07, 6.45) is 6.26. The van der Waals surface area contributed by atoms with Crippen LogP contribution in [0.5, 0.6) is 0 Å². The first-order chi connectivity index (χ1) is 15.8. The van der Waals surface area contributed by atoms with Gasteiger partial charge in [-0.15, -0.1) is 0 Å². The van der Waals surface area contributed by atoms with E-state index < -0.39 is 11.2 Å². The van der Waals surface area contributed by atoms with E-state index in [4.69, 9.17) is 14.6 Å². The number of aliphatic hydroxyl groups is 1. The molecule has 2 atom stereocenters. The number of likely N-dealkylation sites (tertiary alicyclic amines) is 2. The van der Waals surface area contributed by atoms with Crippen molar-refractivity contribution in [3.8, 4) is 0 Å². The number of nitrogens with zero attached hydrogens (tertiary/aromatic N) is 2.